The molecule has 106 heavy (non-hydrogen) atoms. The Balaban J connectivity index is 1.25. The van der Waals surface area contributed by atoms with Crippen LogP contribution in [0.15, 0.2) is 48.5 Å². The highest BCUT2D eigenvalue weighted by Crippen LogP contribution is 2.16. The monoisotopic (exact) mass is 1500 g/mol. The van der Waals surface area contributed by atoms with E-state index in [9.17, 15) is 67.1 Å². The fourth-order valence-corrected chi connectivity index (χ4v) is 9.22. The maximum Gasteiger partial charge on any atom is 0.333 e. The van der Waals surface area contributed by atoms with E-state index in [1.165, 1.54) is 4.90 Å². The van der Waals surface area contributed by atoms with E-state index in [1.807, 2.05) is 13.8 Å². The molecule has 37 nitrogen and oxygen atoms in total. The Bertz CT molecular complexity index is 2840. The van der Waals surface area contributed by atoms with Gasteiger partial charge in [0.15, 0.2) is 0 Å². The molecule has 37 heteroatoms. The molecule has 2 aromatic carbocycles. The van der Waals surface area contributed by atoms with E-state index < -0.39 is 90.5 Å². The summed E-state index contributed by atoms with van der Waals surface area (Å²) in [5.74, 6) is -6.24. The molecule has 2 atom stereocenters. The average Bonchev–Trinajstić information content (AvgIpc) is 1.65. The topological polar surface area (TPSA) is 495 Å². The molecule has 12 N–H and O–H groups in total. The number of rotatable bonds is 61. The molecular formula is C69H106N12O25. The summed E-state index contributed by atoms with van der Waals surface area (Å²) < 4.78 is 55.0. The maximum atomic E-state index is 13.3. The molecule has 3 rings (SSSR count). The summed E-state index contributed by atoms with van der Waals surface area (Å²) in [6.07, 6.45) is 2.43. The number of ether oxygens (including phenoxy) is 10. The number of carbonyl (C=O) groups is 14. The molecule has 1 aliphatic rings. The normalized spacial score (nSPS) is 12.3. The lowest BCUT2D eigenvalue weighted by molar-refractivity contribution is -0.197. The van der Waals surface area contributed by atoms with Gasteiger partial charge in [0.1, 0.15) is 25.3 Å². The standard InChI is InChI=1S/C69H106N12O25/c1-3-8-63(89)104-48-50-14-18-52(19-15-50)76-66(92)54(10-6-26-72-68(70)94)78-58(84)46-74-56(82)24-30-96-34-38-100-42-44-102-40-36-98-32-28-80(60(86)12-5-13-65(91)106-81-61(87)22-23-62(81)88)29-33-99-37-41-103-45-43-101-39-35-97-31-25-57(83)75-47-59(85)79-55(11-7-27-73-69(71)95)67(93)77-53-20-16-51(17-21-53)49-105-64(90)9-4-2/h14-21,54-55H,3-13,22-49H2,1-2H3,(H,74,82)(H,75,83)(H,76,92)(H,77,93)(H,78,84)(H,79,85)(H3,70,72,94)(H3,71,73,95)/t54-,55-/m0/s1. The van der Waals surface area contributed by atoms with Crippen molar-refractivity contribution in [1.29, 1.82) is 0 Å². The minimum Gasteiger partial charge on any atom is -0.461 e. The van der Waals surface area contributed by atoms with Crippen molar-refractivity contribution in [2.24, 2.45) is 11.5 Å². The van der Waals surface area contributed by atoms with Crippen molar-refractivity contribution in [3.05, 3.63) is 59.7 Å². The Hall–Kier alpha value is -9.50. The van der Waals surface area contributed by atoms with Crippen molar-refractivity contribution >= 4 is 94.5 Å². The van der Waals surface area contributed by atoms with Crippen LogP contribution >= 0.6 is 0 Å². The third kappa shape index (κ3) is 45.0. The van der Waals surface area contributed by atoms with E-state index in [2.05, 4.69) is 42.5 Å². The summed E-state index contributed by atoms with van der Waals surface area (Å²) in [7, 11) is 0. The highest BCUT2D eigenvalue weighted by Gasteiger charge is 2.33. The number of imide groups is 1. The molecule has 0 aliphatic carbocycles. The summed E-state index contributed by atoms with van der Waals surface area (Å²) >= 11 is 0. The van der Waals surface area contributed by atoms with Gasteiger partial charge < -0.3 is 111 Å². The first-order valence-electron chi connectivity index (χ1n) is 35.4. The first-order valence-corrected chi connectivity index (χ1v) is 35.4. The molecule has 1 fully saturated rings. The minimum absolute atomic E-state index is 0.0398. The number of hydrogen-bond donors (Lipinski definition) is 10. The number of nitrogens with two attached hydrogens (primary N) is 2. The van der Waals surface area contributed by atoms with Crippen molar-refractivity contribution < 1.29 is 119 Å². The third-order valence-electron chi connectivity index (χ3n) is 14.8. The zero-order valence-electron chi connectivity index (χ0n) is 60.6. The van der Waals surface area contributed by atoms with Gasteiger partial charge >= 0.3 is 30.0 Å². The van der Waals surface area contributed by atoms with Crippen LogP contribution in [0.4, 0.5) is 21.0 Å². The van der Waals surface area contributed by atoms with Crippen LogP contribution in [0.25, 0.3) is 0 Å². The summed E-state index contributed by atoms with van der Waals surface area (Å²) in [5, 5.41) is 21.0. The Morgan fingerprint density at radius 3 is 1.14 bits per heavy atom. The smallest absolute Gasteiger partial charge is 0.333 e. The summed E-state index contributed by atoms with van der Waals surface area (Å²) in [5.41, 5.74) is 12.6. The van der Waals surface area contributed by atoms with Gasteiger partial charge in [-0.15, -0.1) is 5.06 Å². The lowest BCUT2D eigenvalue weighted by atomic mass is 10.1. The first kappa shape index (κ1) is 90.7. The number of nitrogens with one attached hydrogen (secondary N) is 8. The van der Waals surface area contributed by atoms with Crippen molar-refractivity contribution in [1.82, 2.24) is 41.9 Å². The van der Waals surface area contributed by atoms with Gasteiger partial charge in [0.25, 0.3) is 11.8 Å². The average molecular weight is 1500 g/mol. The van der Waals surface area contributed by atoms with Crippen LogP contribution in [0.3, 0.4) is 0 Å². The molecule has 0 aromatic heterocycles. The summed E-state index contributed by atoms with van der Waals surface area (Å²) in [6.45, 7) is 6.65. The lowest BCUT2D eigenvalue weighted by Gasteiger charge is -2.23. The Morgan fingerprint density at radius 1 is 0.425 bits per heavy atom. The van der Waals surface area contributed by atoms with Crippen molar-refractivity contribution in [3.8, 4) is 0 Å². The number of esters is 2. The fourth-order valence-electron chi connectivity index (χ4n) is 9.22. The SMILES string of the molecule is CCCC(=O)OCc1ccc(NC(=O)[C@H](CCCNC(N)=O)NC(=O)CNC(=O)CCOCCOCCOCCOCCN(CCOCCOCCOCCOCCC(=O)NCC(=O)N[C@@H](CCCNC(N)=O)C(=O)Nc2ccc(COC(=O)CCC)cc2)C(=O)CCCC(=O)ON2C(=O)CCC2=O)cc1. The van der Waals surface area contributed by atoms with E-state index in [1.54, 1.807) is 48.5 Å². The van der Waals surface area contributed by atoms with Gasteiger partial charge in [0.05, 0.1) is 119 Å². The molecule has 0 bridgehead atoms. The van der Waals surface area contributed by atoms with Crippen LogP contribution < -0.4 is 54.0 Å². The number of carbonyl (C=O) groups excluding carboxylic acids is 14. The van der Waals surface area contributed by atoms with Gasteiger partial charge in [-0.05, 0) is 80.3 Å². The van der Waals surface area contributed by atoms with E-state index in [-0.39, 0.29) is 221 Å². The second-order valence-electron chi connectivity index (χ2n) is 23.5. The van der Waals surface area contributed by atoms with E-state index in [4.69, 9.17) is 63.7 Å². The third-order valence-corrected chi connectivity index (χ3v) is 14.8. The van der Waals surface area contributed by atoms with Gasteiger partial charge in [-0.1, -0.05) is 38.1 Å². The molecule has 1 saturated heterocycles. The van der Waals surface area contributed by atoms with Crippen LogP contribution in [0.2, 0.25) is 0 Å². The van der Waals surface area contributed by atoms with Gasteiger partial charge in [-0.2, -0.15) is 0 Å². The number of benzene rings is 2. The summed E-state index contributed by atoms with van der Waals surface area (Å²) in [4.78, 5) is 179. The molecule has 1 heterocycles. The number of urea groups is 2. The van der Waals surface area contributed by atoms with Crippen LogP contribution in [0, 0.1) is 0 Å². The lowest BCUT2D eigenvalue weighted by Crippen LogP contribution is -2.47. The largest absolute Gasteiger partial charge is 0.461 e. The molecular weight excluding hydrogens is 1400 g/mol. The molecule has 0 radical (unpaired) electrons. The van der Waals surface area contributed by atoms with Crippen LogP contribution in [0.5, 0.6) is 0 Å². The van der Waals surface area contributed by atoms with E-state index in [0.29, 0.717) is 66.1 Å². The Kier molecular flexibility index (Phi) is 48.6. The molecule has 0 saturated carbocycles. The quantitative estimate of drug-likeness (QED) is 0.0246. The molecule has 0 unspecified atom stereocenters. The zero-order valence-corrected chi connectivity index (χ0v) is 60.6. The Labute approximate surface area is 615 Å². The number of nitrogens with zero attached hydrogens (tertiary/aromatic N) is 2. The predicted molar refractivity (Wildman–Crippen MR) is 376 cm³/mol. The molecule has 13 amide bonds. The number of anilines is 2. The number of hydrogen-bond acceptors (Lipinski definition) is 25. The van der Waals surface area contributed by atoms with Crippen molar-refractivity contribution in [2.75, 3.05) is 156 Å². The predicted octanol–water partition coefficient (Wildman–Crippen LogP) is 0.568. The van der Waals surface area contributed by atoms with Gasteiger partial charge in [-0.3, -0.25) is 52.7 Å². The zero-order chi connectivity index (χ0) is 77.4. The Morgan fingerprint density at radius 2 is 0.783 bits per heavy atom. The number of amides is 13. The van der Waals surface area contributed by atoms with Gasteiger partial charge in [0, 0.05) is 88.9 Å². The highest BCUT2D eigenvalue weighted by atomic mass is 16.7. The second-order valence-corrected chi connectivity index (χ2v) is 23.5. The van der Waals surface area contributed by atoms with Crippen LogP contribution in [-0.4, -0.2) is 250 Å². The molecule has 0 spiro atoms. The molecule has 2 aromatic rings. The van der Waals surface area contributed by atoms with E-state index in [0.717, 1.165) is 0 Å². The first-order chi connectivity index (χ1) is 51.1. The van der Waals surface area contributed by atoms with E-state index >= 15 is 0 Å². The molecule has 592 valence electrons. The fraction of sp³-hybridized carbons (Fsp3) is 0.623. The van der Waals surface area contributed by atoms with Crippen LogP contribution in [-0.2, 0) is 123 Å². The summed E-state index contributed by atoms with van der Waals surface area (Å²) in [6, 6.07) is 9.74. The second kappa shape index (κ2) is 56.8. The number of hydroxylamine groups is 2. The van der Waals surface area contributed by atoms with Crippen LogP contribution in [0.1, 0.15) is 121 Å². The van der Waals surface area contributed by atoms with Gasteiger partial charge in [-0.25, -0.2) is 14.4 Å². The number of primary amides is 2. The van der Waals surface area contributed by atoms with Crippen molar-refractivity contribution in [2.45, 2.75) is 135 Å². The molecule has 1 aliphatic heterocycles. The minimum atomic E-state index is -1.02. The van der Waals surface area contributed by atoms with Gasteiger partial charge in [0.2, 0.25) is 41.4 Å². The van der Waals surface area contributed by atoms with Crippen molar-refractivity contribution in [3.63, 3.8) is 0 Å². The highest BCUT2D eigenvalue weighted by molar-refractivity contribution is 6.02. The maximum absolute atomic E-state index is 13.3.